The second-order valence-corrected chi connectivity index (χ2v) is 11.4. The van der Waals surface area contributed by atoms with Gasteiger partial charge in [-0.1, -0.05) is 33.3 Å². The van der Waals surface area contributed by atoms with E-state index in [9.17, 15) is 15.0 Å². The van der Waals surface area contributed by atoms with Crippen molar-refractivity contribution in [1.29, 1.82) is 0 Å². The van der Waals surface area contributed by atoms with Crippen molar-refractivity contribution in [3.63, 3.8) is 0 Å². The van der Waals surface area contributed by atoms with Crippen molar-refractivity contribution < 1.29 is 15.0 Å². The first-order valence-electron chi connectivity index (χ1n) is 12.3. The summed E-state index contributed by atoms with van der Waals surface area (Å²) in [5.41, 5.74) is 2.04. The molecule has 5 rings (SSSR count). The molecule has 31 heavy (non-hydrogen) atoms. The van der Waals surface area contributed by atoms with Crippen LogP contribution < -0.4 is 0 Å². The van der Waals surface area contributed by atoms with E-state index in [1.807, 2.05) is 13.1 Å². The highest BCUT2D eigenvalue weighted by molar-refractivity contribution is 5.88. The van der Waals surface area contributed by atoms with Crippen molar-refractivity contribution in [3.05, 3.63) is 23.0 Å². The minimum Gasteiger partial charge on any atom is -0.393 e. The minimum atomic E-state index is -1.29. The van der Waals surface area contributed by atoms with Crippen LogP contribution in [0, 0.1) is 34.5 Å². The maximum Gasteiger partial charge on any atom is 0.164 e. The normalized spacial score (nSPS) is 45.9. The standard InChI is InChI=1S/C26H38N2O3/c1-6-22(30)26(31)9-8-18-17-10-15(3)19-11-20-16(14-27-28(20)7-2)12-24(19,4)23(17)21(29)13-25(18,26)5/h11,14-15,17-18,21,23,29,31H,6-10,12-13H2,1-5H3/t15-,17-,18-,21-,23+,24-,25-,26-/m0/s1. The van der Waals surface area contributed by atoms with E-state index < -0.39 is 17.1 Å². The fraction of sp³-hybridized carbons (Fsp3) is 0.769. The number of Topliss-reactive ketones (excluding diaryl/α,β-unsaturated/α-hetero) is 1. The Hall–Kier alpha value is -1.46. The Kier molecular flexibility index (Phi) is 4.67. The van der Waals surface area contributed by atoms with E-state index in [0.717, 1.165) is 25.8 Å². The number of carbonyl (C=O) groups excluding carboxylic acids is 1. The number of carbonyl (C=O) groups is 1. The van der Waals surface area contributed by atoms with Crippen LogP contribution in [0.1, 0.15) is 78.0 Å². The van der Waals surface area contributed by atoms with Crippen molar-refractivity contribution in [2.24, 2.45) is 34.5 Å². The second kappa shape index (κ2) is 6.77. The Morgan fingerprint density at radius 1 is 1.32 bits per heavy atom. The van der Waals surface area contributed by atoms with Gasteiger partial charge in [0.1, 0.15) is 5.60 Å². The molecule has 1 aromatic heterocycles. The maximum atomic E-state index is 12.8. The molecule has 0 unspecified atom stereocenters. The van der Waals surface area contributed by atoms with Gasteiger partial charge in [-0.2, -0.15) is 5.10 Å². The number of aryl methyl sites for hydroxylation is 1. The highest BCUT2D eigenvalue weighted by atomic mass is 16.3. The number of hydrogen-bond donors (Lipinski definition) is 2. The SMILES string of the molecule is CCC(=O)[C@@]1(O)CC[C@H]2[C@@H]3C[C@H](C)C4=Cc5c(cnn5CC)C[C@]4(C)[C@H]3[C@@H](O)C[C@@]21C. The molecular weight excluding hydrogens is 388 g/mol. The molecular formula is C26H38N2O3. The molecule has 170 valence electrons. The van der Waals surface area contributed by atoms with Gasteiger partial charge in [0, 0.05) is 18.4 Å². The van der Waals surface area contributed by atoms with Crippen LogP contribution >= 0.6 is 0 Å². The molecule has 8 atom stereocenters. The predicted octanol–water partition coefficient (Wildman–Crippen LogP) is 4.01. The van der Waals surface area contributed by atoms with E-state index in [1.54, 1.807) is 0 Å². The van der Waals surface area contributed by atoms with Gasteiger partial charge in [-0.05, 0) is 79.8 Å². The molecule has 4 aliphatic carbocycles. The number of aliphatic hydroxyl groups excluding tert-OH is 1. The van der Waals surface area contributed by atoms with Crippen LogP contribution in [0.25, 0.3) is 6.08 Å². The maximum absolute atomic E-state index is 12.8. The van der Waals surface area contributed by atoms with E-state index in [0.29, 0.717) is 31.1 Å². The van der Waals surface area contributed by atoms with Gasteiger partial charge in [-0.25, -0.2) is 0 Å². The minimum absolute atomic E-state index is 0.0481. The van der Waals surface area contributed by atoms with Crippen LogP contribution in [-0.2, 0) is 17.8 Å². The lowest BCUT2D eigenvalue weighted by atomic mass is 9.44. The van der Waals surface area contributed by atoms with Crippen molar-refractivity contribution in [1.82, 2.24) is 9.78 Å². The third kappa shape index (κ3) is 2.56. The average Bonchev–Trinajstić information content (AvgIpc) is 3.23. The van der Waals surface area contributed by atoms with Gasteiger partial charge >= 0.3 is 0 Å². The number of aromatic nitrogens is 2. The van der Waals surface area contributed by atoms with E-state index in [1.165, 1.54) is 16.8 Å². The Labute approximate surface area is 185 Å². The largest absolute Gasteiger partial charge is 0.393 e. The smallest absolute Gasteiger partial charge is 0.164 e. The number of rotatable bonds is 3. The summed E-state index contributed by atoms with van der Waals surface area (Å²) in [4.78, 5) is 12.8. The molecule has 0 bridgehead atoms. The predicted molar refractivity (Wildman–Crippen MR) is 120 cm³/mol. The monoisotopic (exact) mass is 426 g/mol. The van der Waals surface area contributed by atoms with Crippen LogP contribution in [0.2, 0.25) is 0 Å². The lowest BCUT2D eigenvalue weighted by Gasteiger charge is -2.61. The summed E-state index contributed by atoms with van der Waals surface area (Å²) in [6.45, 7) is 11.6. The molecule has 4 aliphatic rings. The average molecular weight is 427 g/mol. The van der Waals surface area contributed by atoms with Crippen LogP contribution in [0.5, 0.6) is 0 Å². The first-order chi connectivity index (χ1) is 14.6. The highest BCUT2D eigenvalue weighted by Gasteiger charge is 2.68. The number of aliphatic hydroxyl groups is 2. The zero-order chi connectivity index (χ0) is 22.3. The molecule has 0 aromatic carbocycles. The summed E-state index contributed by atoms with van der Waals surface area (Å²) < 4.78 is 2.09. The molecule has 2 N–H and O–H groups in total. The van der Waals surface area contributed by atoms with E-state index >= 15 is 0 Å². The van der Waals surface area contributed by atoms with Gasteiger partial charge in [0.15, 0.2) is 5.78 Å². The number of nitrogens with zero attached hydrogens (tertiary/aromatic N) is 2. The van der Waals surface area contributed by atoms with Crippen LogP contribution in [-0.4, -0.2) is 37.5 Å². The fourth-order valence-electron chi connectivity index (χ4n) is 8.69. The number of ketones is 1. The molecule has 0 radical (unpaired) electrons. The van der Waals surface area contributed by atoms with Gasteiger partial charge in [-0.15, -0.1) is 0 Å². The first kappa shape index (κ1) is 21.4. The summed E-state index contributed by atoms with van der Waals surface area (Å²) in [7, 11) is 0. The Morgan fingerprint density at radius 3 is 2.74 bits per heavy atom. The van der Waals surface area contributed by atoms with Gasteiger partial charge in [0.25, 0.3) is 0 Å². The quantitative estimate of drug-likeness (QED) is 0.766. The van der Waals surface area contributed by atoms with Crippen molar-refractivity contribution in [3.8, 4) is 0 Å². The van der Waals surface area contributed by atoms with Gasteiger partial charge < -0.3 is 10.2 Å². The number of allylic oxidation sites excluding steroid dienone is 1. The second-order valence-electron chi connectivity index (χ2n) is 11.4. The topological polar surface area (TPSA) is 75.3 Å². The Bertz CT molecular complexity index is 950. The van der Waals surface area contributed by atoms with Gasteiger partial charge in [0.05, 0.1) is 18.0 Å². The number of fused-ring (bicyclic) bond motifs is 6. The molecule has 1 aromatic rings. The summed E-state index contributed by atoms with van der Waals surface area (Å²) in [5.74, 6) is 1.14. The molecule has 0 aliphatic heterocycles. The van der Waals surface area contributed by atoms with Gasteiger partial charge in [0.2, 0.25) is 0 Å². The Morgan fingerprint density at radius 2 is 2.06 bits per heavy atom. The lowest BCUT2D eigenvalue weighted by Crippen LogP contribution is -2.62. The van der Waals surface area contributed by atoms with Crippen molar-refractivity contribution in [2.45, 2.75) is 91.4 Å². The molecule has 0 spiro atoms. The van der Waals surface area contributed by atoms with Crippen molar-refractivity contribution >= 4 is 11.9 Å². The molecule has 0 saturated heterocycles. The van der Waals surface area contributed by atoms with E-state index in [4.69, 9.17) is 0 Å². The van der Waals surface area contributed by atoms with E-state index in [-0.39, 0.29) is 23.0 Å². The molecule has 5 nitrogen and oxygen atoms in total. The number of hydrogen-bond acceptors (Lipinski definition) is 4. The molecule has 3 saturated carbocycles. The van der Waals surface area contributed by atoms with Crippen molar-refractivity contribution in [2.75, 3.05) is 0 Å². The lowest BCUT2D eigenvalue weighted by molar-refractivity contribution is -0.181. The molecule has 0 amide bonds. The molecule has 3 fully saturated rings. The molecule has 5 heteroatoms. The summed E-state index contributed by atoms with van der Waals surface area (Å²) in [6.07, 6.45) is 8.10. The first-order valence-corrected chi connectivity index (χ1v) is 12.3. The van der Waals surface area contributed by atoms with Crippen LogP contribution in [0.3, 0.4) is 0 Å². The highest BCUT2D eigenvalue weighted by Crippen LogP contribution is 2.68. The van der Waals surface area contributed by atoms with E-state index in [2.05, 4.69) is 43.6 Å². The van der Waals surface area contributed by atoms with Gasteiger partial charge in [-0.3, -0.25) is 9.48 Å². The summed E-state index contributed by atoms with van der Waals surface area (Å²) in [5, 5.41) is 27.8. The fourth-order valence-corrected chi connectivity index (χ4v) is 8.69. The summed E-state index contributed by atoms with van der Waals surface area (Å²) >= 11 is 0. The zero-order valence-corrected chi connectivity index (χ0v) is 19.7. The summed E-state index contributed by atoms with van der Waals surface area (Å²) in [6, 6.07) is 0. The zero-order valence-electron chi connectivity index (χ0n) is 19.7. The third-order valence-corrected chi connectivity index (χ3v) is 10.0. The molecule has 1 heterocycles. The van der Waals surface area contributed by atoms with Crippen LogP contribution in [0.15, 0.2) is 11.8 Å². The van der Waals surface area contributed by atoms with Crippen LogP contribution in [0.4, 0.5) is 0 Å². The third-order valence-electron chi connectivity index (χ3n) is 10.0. The Balaban J connectivity index is 1.57.